The molecule has 0 aromatic carbocycles. The summed E-state index contributed by atoms with van der Waals surface area (Å²) in [6, 6.07) is -1.49. The van der Waals surface area contributed by atoms with Crippen LogP contribution >= 0.6 is 11.8 Å². The standard InChI is InChI=1S/C11H18N2O3S/c1-4-6-9(10(14)15)13-11(16)12-8(5-2)7-17-3/h1,8-9H,5-7H2,2-3H3,(H,14,15)(H2,12,13,16). The topological polar surface area (TPSA) is 78.4 Å². The van der Waals surface area contributed by atoms with Gasteiger partial charge in [0.25, 0.3) is 0 Å². The van der Waals surface area contributed by atoms with Crippen molar-refractivity contribution < 1.29 is 14.7 Å². The van der Waals surface area contributed by atoms with Crippen LogP contribution in [0.1, 0.15) is 19.8 Å². The first-order chi connectivity index (χ1) is 8.04. The Morgan fingerprint density at radius 1 is 1.47 bits per heavy atom. The van der Waals surface area contributed by atoms with E-state index in [9.17, 15) is 9.59 Å². The van der Waals surface area contributed by atoms with Crippen LogP contribution in [0.4, 0.5) is 4.79 Å². The van der Waals surface area contributed by atoms with E-state index in [0.29, 0.717) is 0 Å². The number of thioether (sulfide) groups is 1. The lowest BCUT2D eigenvalue weighted by Gasteiger charge is -2.18. The number of aliphatic carboxylic acids is 1. The third-order valence-electron chi connectivity index (χ3n) is 2.12. The summed E-state index contributed by atoms with van der Waals surface area (Å²) < 4.78 is 0. The first-order valence-electron chi connectivity index (χ1n) is 5.27. The van der Waals surface area contributed by atoms with Gasteiger partial charge >= 0.3 is 12.0 Å². The monoisotopic (exact) mass is 258 g/mol. The molecule has 0 aliphatic carbocycles. The van der Waals surface area contributed by atoms with E-state index in [0.717, 1.165) is 12.2 Å². The maximum atomic E-state index is 11.5. The minimum Gasteiger partial charge on any atom is -0.480 e. The van der Waals surface area contributed by atoms with Crippen molar-refractivity contribution in [1.82, 2.24) is 10.6 Å². The molecule has 0 aromatic heterocycles. The van der Waals surface area contributed by atoms with Gasteiger partial charge in [0.2, 0.25) is 0 Å². The molecule has 2 amide bonds. The van der Waals surface area contributed by atoms with Crippen LogP contribution < -0.4 is 10.6 Å². The van der Waals surface area contributed by atoms with Crippen LogP contribution in [0.5, 0.6) is 0 Å². The molecule has 0 aromatic rings. The molecule has 0 aliphatic heterocycles. The van der Waals surface area contributed by atoms with Gasteiger partial charge in [0.05, 0.1) is 0 Å². The number of rotatable bonds is 7. The van der Waals surface area contributed by atoms with Crippen LogP contribution in [0, 0.1) is 12.3 Å². The van der Waals surface area contributed by atoms with E-state index < -0.39 is 18.0 Å². The number of terminal acetylenes is 1. The molecule has 0 heterocycles. The fourth-order valence-electron chi connectivity index (χ4n) is 1.17. The normalized spacial score (nSPS) is 13.2. The second-order valence-electron chi connectivity index (χ2n) is 3.48. The zero-order valence-electron chi connectivity index (χ0n) is 10.0. The quantitative estimate of drug-likeness (QED) is 0.593. The average molecular weight is 258 g/mol. The molecule has 0 fully saturated rings. The molecule has 0 spiro atoms. The van der Waals surface area contributed by atoms with E-state index in [1.165, 1.54) is 0 Å². The molecule has 96 valence electrons. The Morgan fingerprint density at radius 2 is 2.12 bits per heavy atom. The minimum absolute atomic E-state index is 0.0257. The van der Waals surface area contributed by atoms with Gasteiger partial charge in [0.1, 0.15) is 6.04 Å². The molecule has 0 bridgehead atoms. The molecular formula is C11H18N2O3S. The fourth-order valence-corrected chi connectivity index (χ4v) is 1.89. The molecule has 0 saturated heterocycles. The van der Waals surface area contributed by atoms with Crippen LogP contribution in [0.3, 0.4) is 0 Å². The van der Waals surface area contributed by atoms with Crippen molar-refractivity contribution in [3.8, 4) is 12.3 Å². The first-order valence-corrected chi connectivity index (χ1v) is 6.66. The highest BCUT2D eigenvalue weighted by molar-refractivity contribution is 7.98. The Morgan fingerprint density at radius 3 is 2.53 bits per heavy atom. The van der Waals surface area contributed by atoms with Crippen LogP contribution in [0.2, 0.25) is 0 Å². The maximum absolute atomic E-state index is 11.5. The van der Waals surface area contributed by atoms with Gasteiger partial charge in [0.15, 0.2) is 0 Å². The van der Waals surface area contributed by atoms with Crippen molar-refractivity contribution in [3.05, 3.63) is 0 Å². The summed E-state index contributed by atoms with van der Waals surface area (Å²) >= 11 is 1.62. The minimum atomic E-state index is -1.13. The molecule has 6 heteroatoms. The largest absolute Gasteiger partial charge is 0.480 e. The summed E-state index contributed by atoms with van der Waals surface area (Å²) in [6.45, 7) is 1.96. The summed E-state index contributed by atoms with van der Waals surface area (Å²) in [4.78, 5) is 22.3. The zero-order valence-corrected chi connectivity index (χ0v) is 10.8. The van der Waals surface area contributed by atoms with Crippen molar-refractivity contribution >= 4 is 23.8 Å². The van der Waals surface area contributed by atoms with E-state index in [4.69, 9.17) is 11.5 Å². The van der Waals surface area contributed by atoms with Crippen molar-refractivity contribution in [2.24, 2.45) is 0 Å². The van der Waals surface area contributed by atoms with Gasteiger partial charge in [-0.05, 0) is 12.7 Å². The van der Waals surface area contributed by atoms with Gasteiger partial charge in [-0.25, -0.2) is 9.59 Å². The number of amides is 2. The summed E-state index contributed by atoms with van der Waals surface area (Å²) in [5, 5.41) is 13.9. The summed E-state index contributed by atoms with van der Waals surface area (Å²) in [6.07, 6.45) is 7.74. The van der Waals surface area contributed by atoms with E-state index in [2.05, 4.69) is 16.6 Å². The molecule has 0 saturated carbocycles. The highest BCUT2D eigenvalue weighted by Crippen LogP contribution is 2.01. The third-order valence-corrected chi connectivity index (χ3v) is 2.86. The van der Waals surface area contributed by atoms with E-state index in [-0.39, 0.29) is 12.5 Å². The molecule has 0 radical (unpaired) electrons. The zero-order chi connectivity index (χ0) is 13.3. The maximum Gasteiger partial charge on any atom is 0.327 e. The van der Waals surface area contributed by atoms with E-state index in [1.807, 2.05) is 13.2 Å². The molecule has 3 N–H and O–H groups in total. The molecule has 2 unspecified atom stereocenters. The van der Waals surface area contributed by atoms with Gasteiger partial charge in [0, 0.05) is 18.2 Å². The predicted octanol–water partition coefficient (Wildman–Crippen LogP) is 0.904. The lowest BCUT2D eigenvalue weighted by molar-refractivity contribution is -0.139. The van der Waals surface area contributed by atoms with Crippen LogP contribution in [-0.2, 0) is 4.79 Å². The van der Waals surface area contributed by atoms with Crippen molar-refractivity contribution in [2.45, 2.75) is 31.8 Å². The van der Waals surface area contributed by atoms with Crippen molar-refractivity contribution in [2.75, 3.05) is 12.0 Å². The summed E-state index contributed by atoms with van der Waals surface area (Å²) in [7, 11) is 0. The van der Waals surface area contributed by atoms with Crippen LogP contribution in [-0.4, -0.2) is 41.2 Å². The Kier molecular flexibility index (Phi) is 8.07. The van der Waals surface area contributed by atoms with Gasteiger partial charge in [-0.3, -0.25) is 0 Å². The van der Waals surface area contributed by atoms with E-state index >= 15 is 0 Å². The second kappa shape index (κ2) is 8.76. The lowest BCUT2D eigenvalue weighted by Crippen LogP contribution is -2.49. The van der Waals surface area contributed by atoms with Gasteiger partial charge in [-0.1, -0.05) is 6.92 Å². The Bertz CT molecular complexity index is 302. The molecule has 0 aliphatic rings. The number of nitrogens with one attached hydrogen (secondary N) is 2. The number of carboxylic acids is 1. The number of carboxylic acid groups (broad SMARTS) is 1. The summed E-state index contributed by atoms with van der Waals surface area (Å²) in [5.41, 5.74) is 0. The van der Waals surface area contributed by atoms with Crippen molar-refractivity contribution in [1.29, 1.82) is 0 Å². The second-order valence-corrected chi connectivity index (χ2v) is 4.39. The van der Waals surface area contributed by atoms with Crippen LogP contribution in [0.25, 0.3) is 0 Å². The van der Waals surface area contributed by atoms with Crippen molar-refractivity contribution in [3.63, 3.8) is 0 Å². The SMILES string of the molecule is C#CCC(NC(=O)NC(CC)CSC)C(=O)O. The molecular weight excluding hydrogens is 240 g/mol. The number of carbonyl (C=O) groups excluding carboxylic acids is 1. The Labute approximate surface area is 106 Å². The molecule has 5 nitrogen and oxygen atoms in total. The highest BCUT2D eigenvalue weighted by atomic mass is 32.2. The Balaban J connectivity index is 4.22. The van der Waals surface area contributed by atoms with Crippen LogP contribution in [0.15, 0.2) is 0 Å². The van der Waals surface area contributed by atoms with Gasteiger partial charge in [-0.2, -0.15) is 11.8 Å². The Hall–Kier alpha value is -1.35. The smallest absolute Gasteiger partial charge is 0.327 e. The van der Waals surface area contributed by atoms with Gasteiger partial charge in [-0.15, -0.1) is 12.3 Å². The number of hydrogen-bond acceptors (Lipinski definition) is 3. The fraction of sp³-hybridized carbons (Fsp3) is 0.636. The number of carbonyl (C=O) groups is 2. The van der Waals surface area contributed by atoms with E-state index in [1.54, 1.807) is 11.8 Å². The molecule has 2 atom stereocenters. The molecule has 17 heavy (non-hydrogen) atoms. The predicted molar refractivity (Wildman–Crippen MR) is 69.0 cm³/mol. The third kappa shape index (κ3) is 6.74. The molecule has 0 rings (SSSR count). The first kappa shape index (κ1) is 15.7. The van der Waals surface area contributed by atoms with Gasteiger partial charge < -0.3 is 15.7 Å². The summed E-state index contributed by atoms with van der Waals surface area (Å²) in [5.74, 6) is 1.88. The lowest BCUT2D eigenvalue weighted by atomic mass is 10.2. The average Bonchev–Trinajstić information content (AvgIpc) is 2.27. The highest BCUT2D eigenvalue weighted by Gasteiger charge is 2.19. The number of hydrogen-bond donors (Lipinski definition) is 3. The number of urea groups is 1.